The molecule has 20 heavy (non-hydrogen) atoms. The number of benzene rings is 3. The zero-order valence-electron chi connectivity index (χ0n) is 12.8. The quantitative estimate of drug-likeness (QED) is 0.479. The lowest BCUT2D eigenvalue weighted by atomic mass is 9.89. The van der Waals surface area contributed by atoms with Crippen molar-refractivity contribution in [2.24, 2.45) is 0 Å². The molecule has 0 nitrogen and oxygen atoms in total. The summed E-state index contributed by atoms with van der Waals surface area (Å²) < 4.78 is 0. The van der Waals surface area contributed by atoms with Crippen LogP contribution < -0.4 is 0 Å². The Morgan fingerprint density at radius 1 is 0.650 bits per heavy atom. The maximum atomic E-state index is 2.39. The van der Waals surface area contributed by atoms with Crippen molar-refractivity contribution < 1.29 is 0 Å². The SMILES string of the molecule is CC(C)c1ccc2c(c1)c(C(C)C)cc1ccccc12. The second kappa shape index (κ2) is 4.94. The molecule has 0 aliphatic rings. The summed E-state index contributed by atoms with van der Waals surface area (Å²) >= 11 is 0. The third-order valence-electron chi connectivity index (χ3n) is 4.21. The van der Waals surface area contributed by atoms with Crippen molar-refractivity contribution in [3.8, 4) is 0 Å². The third-order valence-corrected chi connectivity index (χ3v) is 4.21. The van der Waals surface area contributed by atoms with Crippen LogP contribution in [0.15, 0.2) is 48.5 Å². The molecule has 0 saturated carbocycles. The molecule has 0 bridgehead atoms. The maximum Gasteiger partial charge on any atom is -0.0102 e. The zero-order chi connectivity index (χ0) is 14.3. The summed E-state index contributed by atoms with van der Waals surface area (Å²) in [6, 6.07) is 18.1. The van der Waals surface area contributed by atoms with Gasteiger partial charge in [0.1, 0.15) is 0 Å². The van der Waals surface area contributed by atoms with Crippen LogP contribution in [-0.4, -0.2) is 0 Å². The van der Waals surface area contributed by atoms with E-state index in [4.69, 9.17) is 0 Å². The smallest absolute Gasteiger partial charge is 0.0102 e. The molecular weight excluding hydrogens is 240 g/mol. The van der Waals surface area contributed by atoms with Crippen LogP contribution in [0.25, 0.3) is 21.5 Å². The highest BCUT2D eigenvalue weighted by molar-refractivity contribution is 6.09. The Morgan fingerprint density at radius 3 is 2.10 bits per heavy atom. The Bertz CT molecular complexity index is 763. The normalized spacial score (nSPS) is 11.9. The van der Waals surface area contributed by atoms with Gasteiger partial charge in [-0.25, -0.2) is 0 Å². The summed E-state index contributed by atoms with van der Waals surface area (Å²) in [6.45, 7) is 9.09. The van der Waals surface area contributed by atoms with Gasteiger partial charge in [0.25, 0.3) is 0 Å². The largest absolute Gasteiger partial charge is 0.0616 e. The Kier molecular flexibility index (Phi) is 3.25. The van der Waals surface area contributed by atoms with Crippen LogP contribution in [0.3, 0.4) is 0 Å². The van der Waals surface area contributed by atoms with E-state index in [2.05, 4.69) is 76.2 Å². The van der Waals surface area contributed by atoms with Gasteiger partial charge >= 0.3 is 0 Å². The lowest BCUT2D eigenvalue weighted by Crippen LogP contribution is -1.94. The molecule has 3 aromatic rings. The van der Waals surface area contributed by atoms with E-state index in [-0.39, 0.29) is 0 Å². The van der Waals surface area contributed by atoms with Gasteiger partial charge in [0, 0.05) is 0 Å². The van der Waals surface area contributed by atoms with Crippen LogP contribution >= 0.6 is 0 Å². The molecule has 0 saturated heterocycles. The van der Waals surface area contributed by atoms with Gasteiger partial charge in [0.15, 0.2) is 0 Å². The van der Waals surface area contributed by atoms with E-state index in [0.717, 1.165) is 0 Å². The minimum atomic E-state index is 0.546. The van der Waals surface area contributed by atoms with Crippen LogP contribution in [-0.2, 0) is 0 Å². The van der Waals surface area contributed by atoms with Gasteiger partial charge in [-0.15, -0.1) is 0 Å². The molecule has 0 fully saturated rings. The molecule has 0 amide bonds. The summed E-state index contributed by atoms with van der Waals surface area (Å²) in [5.41, 5.74) is 2.89. The molecule has 102 valence electrons. The number of hydrogen-bond acceptors (Lipinski definition) is 0. The van der Waals surface area contributed by atoms with E-state index < -0.39 is 0 Å². The maximum absolute atomic E-state index is 2.39. The highest BCUT2D eigenvalue weighted by atomic mass is 14.1. The van der Waals surface area contributed by atoms with Gasteiger partial charge in [0.05, 0.1) is 0 Å². The van der Waals surface area contributed by atoms with Crippen LogP contribution in [0.4, 0.5) is 0 Å². The first kappa shape index (κ1) is 13.2. The predicted octanol–water partition coefficient (Wildman–Crippen LogP) is 6.24. The predicted molar refractivity (Wildman–Crippen MR) is 89.6 cm³/mol. The molecule has 0 unspecified atom stereocenters. The van der Waals surface area contributed by atoms with Gasteiger partial charge in [-0.2, -0.15) is 0 Å². The highest BCUT2D eigenvalue weighted by Crippen LogP contribution is 2.34. The van der Waals surface area contributed by atoms with Gasteiger partial charge in [-0.1, -0.05) is 76.2 Å². The molecule has 0 aliphatic carbocycles. The third kappa shape index (κ3) is 2.10. The molecule has 0 atom stereocenters. The first-order valence-corrected chi connectivity index (χ1v) is 7.53. The van der Waals surface area contributed by atoms with E-state index in [0.29, 0.717) is 11.8 Å². The second-order valence-corrected chi connectivity index (χ2v) is 6.30. The lowest BCUT2D eigenvalue weighted by Gasteiger charge is -2.15. The second-order valence-electron chi connectivity index (χ2n) is 6.30. The fraction of sp³-hybridized carbons (Fsp3) is 0.300. The number of fused-ring (bicyclic) bond motifs is 3. The van der Waals surface area contributed by atoms with Crippen molar-refractivity contribution in [3.05, 3.63) is 59.7 Å². The molecule has 3 aromatic carbocycles. The molecule has 3 rings (SSSR count). The van der Waals surface area contributed by atoms with Gasteiger partial charge in [-0.3, -0.25) is 0 Å². The van der Waals surface area contributed by atoms with E-state index in [1.54, 1.807) is 0 Å². The van der Waals surface area contributed by atoms with Crippen LogP contribution in [0.2, 0.25) is 0 Å². The molecule has 0 aromatic heterocycles. The average Bonchev–Trinajstić information content (AvgIpc) is 2.45. The minimum absolute atomic E-state index is 0.546. The fourth-order valence-corrected chi connectivity index (χ4v) is 2.99. The standard InChI is InChI=1S/C20H22/c1-13(2)15-9-10-18-17-8-6-5-7-16(17)12-19(14(3)4)20(18)11-15/h5-14H,1-4H3. The molecule has 0 heterocycles. The van der Waals surface area contributed by atoms with Crippen LogP contribution in [0.1, 0.15) is 50.7 Å². The van der Waals surface area contributed by atoms with E-state index in [9.17, 15) is 0 Å². The van der Waals surface area contributed by atoms with Crippen molar-refractivity contribution in [1.29, 1.82) is 0 Å². The van der Waals surface area contributed by atoms with Crippen molar-refractivity contribution in [1.82, 2.24) is 0 Å². The van der Waals surface area contributed by atoms with E-state index >= 15 is 0 Å². The Morgan fingerprint density at radius 2 is 1.40 bits per heavy atom. The zero-order valence-corrected chi connectivity index (χ0v) is 12.8. The van der Waals surface area contributed by atoms with Gasteiger partial charge < -0.3 is 0 Å². The van der Waals surface area contributed by atoms with Crippen molar-refractivity contribution >= 4 is 21.5 Å². The summed E-state index contributed by atoms with van der Waals surface area (Å²) in [5, 5.41) is 5.52. The summed E-state index contributed by atoms with van der Waals surface area (Å²) in [7, 11) is 0. The van der Waals surface area contributed by atoms with Crippen molar-refractivity contribution in [3.63, 3.8) is 0 Å². The first-order valence-electron chi connectivity index (χ1n) is 7.53. The Hall–Kier alpha value is -1.82. The summed E-state index contributed by atoms with van der Waals surface area (Å²) in [6.07, 6.45) is 0. The average molecular weight is 262 g/mol. The number of hydrogen-bond donors (Lipinski definition) is 0. The molecule has 0 aliphatic heterocycles. The Labute approximate surface area is 121 Å². The molecule has 0 heteroatoms. The van der Waals surface area contributed by atoms with E-state index in [1.807, 2.05) is 0 Å². The van der Waals surface area contributed by atoms with Gasteiger partial charge in [0.2, 0.25) is 0 Å². The molecule has 0 spiro atoms. The fourth-order valence-electron chi connectivity index (χ4n) is 2.99. The monoisotopic (exact) mass is 262 g/mol. The Balaban J connectivity index is 2.45. The van der Waals surface area contributed by atoms with Crippen molar-refractivity contribution in [2.75, 3.05) is 0 Å². The number of rotatable bonds is 2. The summed E-state index contributed by atoms with van der Waals surface area (Å²) in [4.78, 5) is 0. The van der Waals surface area contributed by atoms with Crippen LogP contribution in [0.5, 0.6) is 0 Å². The van der Waals surface area contributed by atoms with Crippen molar-refractivity contribution in [2.45, 2.75) is 39.5 Å². The lowest BCUT2D eigenvalue weighted by molar-refractivity contribution is 0.863. The van der Waals surface area contributed by atoms with E-state index in [1.165, 1.54) is 32.7 Å². The first-order chi connectivity index (χ1) is 9.58. The molecular formula is C20H22. The minimum Gasteiger partial charge on any atom is -0.0616 e. The summed E-state index contributed by atoms with van der Waals surface area (Å²) in [5.74, 6) is 1.12. The highest BCUT2D eigenvalue weighted by Gasteiger charge is 2.10. The molecule has 0 N–H and O–H groups in total. The molecule has 0 radical (unpaired) electrons. The van der Waals surface area contributed by atoms with Gasteiger partial charge in [-0.05, 0) is 44.5 Å². The topological polar surface area (TPSA) is 0 Å². The van der Waals surface area contributed by atoms with Crippen LogP contribution in [0, 0.1) is 0 Å².